The molecule has 0 fully saturated rings. The normalized spacial score (nSPS) is 11.3. The van der Waals surface area contributed by atoms with Gasteiger partial charge in [-0.2, -0.15) is 0 Å². The van der Waals surface area contributed by atoms with Gasteiger partial charge >= 0.3 is 0 Å². The number of carbonyl (C=O) groups excluding carboxylic acids is 3. The molecule has 0 aliphatic heterocycles. The van der Waals surface area contributed by atoms with Crippen LogP contribution in [0.25, 0.3) is 12.2 Å². The number of anilines is 1. The number of amides is 2. The Labute approximate surface area is 224 Å². The molecule has 4 aromatic carbocycles. The third kappa shape index (κ3) is 7.12. The Bertz CT molecular complexity index is 1510. The summed E-state index contributed by atoms with van der Waals surface area (Å²) in [4.78, 5) is 38.4. The lowest BCUT2D eigenvalue weighted by molar-refractivity contribution is -0.113. The van der Waals surface area contributed by atoms with Crippen molar-refractivity contribution in [1.29, 1.82) is 0 Å². The van der Waals surface area contributed by atoms with Gasteiger partial charge in [0.05, 0.1) is 0 Å². The average molecular weight is 525 g/mol. The highest BCUT2D eigenvalue weighted by molar-refractivity contribution is 6.30. The Kier molecular flexibility index (Phi) is 8.59. The van der Waals surface area contributed by atoms with E-state index in [1.54, 1.807) is 97.1 Å². The summed E-state index contributed by atoms with van der Waals surface area (Å²) in [5, 5.41) is 5.94. The summed E-state index contributed by atoms with van der Waals surface area (Å²) in [6, 6.07) is 27.7. The van der Waals surface area contributed by atoms with E-state index in [1.807, 2.05) is 0 Å². The molecule has 0 atom stereocenters. The standard InChI is InChI=1S/C31H22ClFN2O3/c32-25-15-10-21(11-16-25)20-28(35-30(37)24-7-2-1-3-8-24)31(38)34-26-17-12-23(13-18-26)29(36)19-14-22-6-4-5-9-27(22)33/h1-20H,(H,34,38)(H,35,37)/b19-14+,28-20-. The van der Waals surface area contributed by atoms with E-state index < -0.39 is 17.6 Å². The number of allylic oxidation sites excluding steroid dienone is 1. The average Bonchev–Trinajstić information content (AvgIpc) is 2.94. The fourth-order valence-electron chi connectivity index (χ4n) is 3.46. The van der Waals surface area contributed by atoms with Crippen molar-refractivity contribution in [3.8, 4) is 0 Å². The fourth-order valence-corrected chi connectivity index (χ4v) is 3.58. The zero-order valence-electron chi connectivity index (χ0n) is 20.0. The Morgan fingerprint density at radius 1 is 0.737 bits per heavy atom. The number of hydrogen-bond acceptors (Lipinski definition) is 3. The summed E-state index contributed by atoms with van der Waals surface area (Å²) in [6.07, 6.45) is 4.24. The van der Waals surface area contributed by atoms with Gasteiger partial charge in [0.25, 0.3) is 11.8 Å². The molecule has 0 aromatic heterocycles. The minimum absolute atomic E-state index is 0.0224. The van der Waals surface area contributed by atoms with Crippen LogP contribution in [-0.4, -0.2) is 17.6 Å². The second-order valence-corrected chi connectivity index (χ2v) is 8.62. The molecule has 2 amide bonds. The van der Waals surface area contributed by atoms with Crippen LogP contribution < -0.4 is 10.6 Å². The minimum atomic E-state index is -0.553. The predicted octanol–water partition coefficient (Wildman–Crippen LogP) is 6.78. The topological polar surface area (TPSA) is 75.3 Å². The van der Waals surface area contributed by atoms with Crippen LogP contribution in [0, 0.1) is 5.82 Å². The summed E-state index contributed by atoms with van der Waals surface area (Å²) >= 11 is 5.96. The predicted molar refractivity (Wildman–Crippen MR) is 148 cm³/mol. The molecule has 0 bridgehead atoms. The molecule has 0 radical (unpaired) electrons. The van der Waals surface area contributed by atoms with Crippen LogP contribution in [0.5, 0.6) is 0 Å². The van der Waals surface area contributed by atoms with E-state index in [0.717, 1.165) is 0 Å². The zero-order chi connectivity index (χ0) is 26.9. The number of nitrogens with one attached hydrogen (secondary N) is 2. The number of rotatable bonds is 8. The Morgan fingerprint density at radius 3 is 2.08 bits per heavy atom. The van der Waals surface area contributed by atoms with Crippen molar-refractivity contribution >= 4 is 47.0 Å². The van der Waals surface area contributed by atoms with Crippen LogP contribution in [0.4, 0.5) is 10.1 Å². The first kappa shape index (κ1) is 26.3. The number of hydrogen-bond donors (Lipinski definition) is 2. The molecule has 0 unspecified atom stereocenters. The fraction of sp³-hybridized carbons (Fsp3) is 0. The molecular formula is C31H22ClFN2O3. The highest BCUT2D eigenvalue weighted by Gasteiger charge is 2.15. The summed E-state index contributed by atoms with van der Waals surface area (Å²) in [7, 11) is 0. The van der Waals surface area contributed by atoms with Crippen molar-refractivity contribution in [2.75, 3.05) is 5.32 Å². The van der Waals surface area contributed by atoms with Crippen molar-refractivity contribution < 1.29 is 18.8 Å². The van der Waals surface area contributed by atoms with E-state index in [4.69, 9.17) is 11.6 Å². The minimum Gasteiger partial charge on any atom is -0.321 e. The molecule has 2 N–H and O–H groups in total. The Hall–Kier alpha value is -4.81. The molecule has 0 saturated heterocycles. The van der Waals surface area contributed by atoms with Crippen molar-refractivity contribution in [3.05, 3.63) is 148 Å². The zero-order valence-corrected chi connectivity index (χ0v) is 20.8. The smallest absolute Gasteiger partial charge is 0.272 e. The van der Waals surface area contributed by atoms with Gasteiger partial charge in [-0.25, -0.2) is 4.39 Å². The maximum absolute atomic E-state index is 13.8. The van der Waals surface area contributed by atoms with Crippen LogP contribution >= 0.6 is 11.6 Å². The number of halogens is 2. The van der Waals surface area contributed by atoms with Gasteiger partial charge in [-0.05, 0) is 78.4 Å². The summed E-state index contributed by atoms with van der Waals surface area (Å²) in [5.41, 5.74) is 2.17. The highest BCUT2D eigenvalue weighted by atomic mass is 35.5. The molecule has 0 aliphatic carbocycles. The van der Waals surface area contributed by atoms with Crippen LogP contribution in [0.3, 0.4) is 0 Å². The second kappa shape index (κ2) is 12.4. The van der Waals surface area contributed by atoms with Crippen molar-refractivity contribution in [2.24, 2.45) is 0 Å². The number of ketones is 1. The molecule has 0 heterocycles. The maximum Gasteiger partial charge on any atom is 0.272 e. The van der Waals surface area contributed by atoms with Crippen LogP contribution in [-0.2, 0) is 4.79 Å². The highest BCUT2D eigenvalue weighted by Crippen LogP contribution is 2.16. The second-order valence-electron chi connectivity index (χ2n) is 8.18. The summed E-state index contributed by atoms with van der Waals surface area (Å²) < 4.78 is 13.8. The molecule has 4 rings (SSSR count). The van der Waals surface area contributed by atoms with Crippen molar-refractivity contribution in [1.82, 2.24) is 5.32 Å². The molecule has 0 saturated carbocycles. The van der Waals surface area contributed by atoms with E-state index in [-0.39, 0.29) is 11.5 Å². The van der Waals surface area contributed by atoms with Gasteiger partial charge in [0.2, 0.25) is 0 Å². The van der Waals surface area contributed by atoms with E-state index in [0.29, 0.717) is 33.0 Å². The first-order valence-corrected chi connectivity index (χ1v) is 12.0. The molecule has 7 heteroatoms. The third-order valence-corrected chi connectivity index (χ3v) is 5.71. The third-order valence-electron chi connectivity index (χ3n) is 5.46. The van der Waals surface area contributed by atoms with Crippen molar-refractivity contribution in [3.63, 3.8) is 0 Å². The molecule has 5 nitrogen and oxygen atoms in total. The van der Waals surface area contributed by atoms with E-state index in [9.17, 15) is 18.8 Å². The molecule has 4 aromatic rings. The van der Waals surface area contributed by atoms with E-state index >= 15 is 0 Å². The van der Waals surface area contributed by atoms with Crippen molar-refractivity contribution in [2.45, 2.75) is 0 Å². The van der Waals surface area contributed by atoms with Crippen LogP contribution in [0.2, 0.25) is 5.02 Å². The molecule has 0 aliphatic rings. The molecule has 188 valence electrons. The number of carbonyl (C=O) groups is 3. The van der Waals surface area contributed by atoms with Crippen LogP contribution in [0.15, 0.2) is 115 Å². The largest absolute Gasteiger partial charge is 0.321 e. The van der Waals surface area contributed by atoms with Gasteiger partial charge in [0.1, 0.15) is 11.5 Å². The lowest BCUT2D eigenvalue weighted by Crippen LogP contribution is -2.30. The quantitative estimate of drug-likeness (QED) is 0.197. The van der Waals surface area contributed by atoms with Gasteiger partial charge in [-0.15, -0.1) is 0 Å². The van der Waals surface area contributed by atoms with E-state index in [1.165, 1.54) is 24.3 Å². The lowest BCUT2D eigenvalue weighted by Gasteiger charge is -2.12. The van der Waals surface area contributed by atoms with Gasteiger partial charge < -0.3 is 10.6 Å². The number of benzene rings is 4. The first-order valence-electron chi connectivity index (χ1n) is 11.6. The van der Waals surface area contributed by atoms with E-state index in [2.05, 4.69) is 10.6 Å². The molecular weight excluding hydrogens is 503 g/mol. The SMILES string of the molecule is O=C(Nc1ccc(C(=O)/C=C/c2ccccc2F)cc1)/C(=C/c1ccc(Cl)cc1)NC(=O)c1ccccc1. The summed E-state index contributed by atoms with van der Waals surface area (Å²) in [6.45, 7) is 0. The monoisotopic (exact) mass is 524 g/mol. The molecule has 38 heavy (non-hydrogen) atoms. The van der Waals surface area contributed by atoms with Gasteiger partial charge in [-0.3, -0.25) is 14.4 Å². The first-order chi connectivity index (χ1) is 18.4. The van der Waals surface area contributed by atoms with Gasteiger partial charge in [-0.1, -0.05) is 60.1 Å². The lowest BCUT2D eigenvalue weighted by atomic mass is 10.1. The maximum atomic E-state index is 13.8. The molecule has 0 spiro atoms. The van der Waals surface area contributed by atoms with Gasteiger partial charge in [0.15, 0.2) is 5.78 Å². The Balaban J connectivity index is 1.49. The van der Waals surface area contributed by atoms with Gasteiger partial charge in [0, 0.05) is 27.4 Å². The van der Waals surface area contributed by atoms with Crippen LogP contribution in [0.1, 0.15) is 31.8 Å². The Morgan fingerprint density at radius 2 is 1.39 bits per heavy atom. The summed E-state index contributed by atoms with van der Waals surface area (Å²) in [5.74, 6) is -1.73.